The average molecular weight is 436 g/mol. The van der Waals surface area contributed by atoms with Gasteiger partial charge >= 0.3 is 5.69 Å². The number of carbonyl (C=O) groups is 1. The molecule has 0 aliphatic rings. The summed E-state index contributed by atoms with van der Waals surface area (Å²) in [6, 6.07) is 3.84. The topological polar surface area (TPSA) is 79.8 Å². The van der Waals surface area contributed by atoms with Gasteiger partial charge in [0.15, 0.2) is 5.16 Å². The van der Waals surface area contributed by atoms with Gasteiger partial charge in [-0.3, -0.25) is 9.48 Å². The van der Waals surface area contributed by atoms with Crippen molar-refractivity contribution in [1.82, 2.24) is 14.8 Å². The second-order valence-electron chi connectivity index (χ2n) is 4.31. The number of aromatic nitrogens is 3. The van der Waals surface area contributed by atoms with Crippen LogP contribution in [0.5, 0.6) is 0 Å². The Labute approximate surface area is 142 Å². The molecule has 2 N–H and O–H groups in total. The van der Waals surface area contributed by atoms with Crippen molar-refractivity contribution >= 4 is 55.2 Å². The maximum atomic E-state index is 12.0. The zero-order chi connectivity index (χ0) is 15.6. The van der Waals surface area contributed by atoms with Gasteiger partial charge in [-0.25, -0.2) is 9.89 Å². The summed E-state index contributed by atoms with van der Waals surface area (Å²) >= 11 is 8.03. The predicted octanol–water partition coefficient (Wildman–Crippen LogP) is 2.67. The van der Waals surface area contributed by atoms with Gasteiger partial charge < -0.3 is 5.32 Å². The fraction of sp³-hybridized carbons (Fsp3) is 0.250. The van der Waals surface area contributed by atoms with E-state index in [0.717, 1.165) is 14.5 Å². The Morgan fingerprint density at radius 1 is 1.43 bits per heavy atom. The van der Waals surface area contributed by atoms with E-state index in [4.69, 9.17) is 0 Å². The lowest BCUT2D eigenvalue weighted by molar-refractivity contribution is -0.113. The highest BCUT2D eigenvalue weighted by Gasteiger charge is 2.12. The van der Waals surface area contributed by atoms with Crippen LogP contribution in [0.1, 0.15) is 5.56 Å². The highest BCUT2D eigenvalue weighted by Crippen LogP contribution is 2.32. The van der Waals surface area contributed by atoms with Crippen LogP contribution in [0.4, 0.5) is 5.69 Å². The third-order valence-electron chi connectivity index (χ3n) is 2.53. The van der Waals surface area contributed by atoms with E-state index in [1.165, 1.54) is 16.4 Å². The maximum absolute atomic E-state index is 12.0. The second-order valence-corrected chi connectivity index (χ2v) is 6.96. The summed E-state index contributed by atoms with van der Waals surface area (Å²) < 4.78 is 3.10. The second kappa shape index (κ2) is 6.80. The van der Waals surface area contributed by atoms with Gasteiger partial charge in [-0.2, -0.15) is 4.98 Å². The number of H-pyrrole nitrogens is 1. The summed E-state index contributed by atoms with van der Waals surface area (Å²) in [6.45, 7) is 1.97. The summed E-state index contributed by atoms with van der Waals surface area (Å²) in [5.74, 6) is -0.0223. The third-order valence-corrected chi connectivity index (χ3v) is 4.81. The van der Waals surface area contributed by atoms with E-state index in [-0.39, 0.29) is 11.7 Å². The molecule has 6 nitrogen and oxygen atoms in total. The molecule has 0 radical (unpaired) electrons. The van der Waals surface area contributed by atoms with Crippen molar-refractivity contribution in [2.45, 2.75) is 12.1 Å². The number of aromatic amines is 1. The molecule has 0 aliphatic heterocycles. The molecule has 1 amide bonds. The number of rotatable bonds is 4. The van der Waals surface area contributed by atoms with Crippen molar-refractivity contribution in [2.24, 2.45) is 7.05 Å². The molecule has 0 saturated heterocycles. The number of thioether (sulfide) groups is 1. The summed E-state index contributed by atoms with van der Waals surface area (Å²) in [5.41, 5.74) is 1.33. The highest BCUT2D eigenvalue weighted by molar-refractivity contribution is 9.11. The van der Waals surface area contributed by atoms with Gasteiger partial charge in [-0.15, -0.1) is 0 Å². The Morgan fingerprint density at radius 3 is 2.57 bits per heavy atom. The lowest BCUT2D eigenvalue weighted by Gasteiger charge is -2.10. The molecular formula is C12H12Br2N4O2S. The Hall–Kier alpha value is -1.06. The van der Waals surface area contributed by atoms with Crippen molar-refractivity contribution in [2.75, 3.05) is 11.1 Å². The predicted molar refractivity (Wildman–Crippen MR) is 89.8 cm³/mol. The number of hydrogen-bond donors (Lipinski definition) is 2. The number of aryl methyl sites for hydroxylation is 2. The van der Waals surface area contributed by atoms with E-state index >= 15 is 0 Å². The van der Waals surface area contributed by atoms with Crippen LogP contribution in [0.3, 0.4) is 0 Å². The van der Waals surface area contributed by atoms with Crippen molar-refractivity contribution < 1.29 is 4.79 Å². The fourth-order valence-corrected chi connectivity index (χ4v) is 3.96. The van der Waals surface area contributed by atoms with Crippen LogP contribution in [-0.2, 0) is 11.8 Å². The molecule has 0 spiro atoms. The molecule has 2 rings (SSSR count). The van der Waals surface area contributed by atoms with E-state index in [1.807, 2.05) is 19.1 Å². The van der Waals surface area contributed by atoms with Gasteiger partial charge in [-0.05, 0) is 56.5 Å². The average Bonchev–Trinajstić information content (AvgIpc) is 2.69. The molecule has 1 aromatic carbocycles. The van der Waals surface area contributed by atoms with Crippen LogP contribution in [0.2, 0.25) is 0 Å². The molecule has 0 unspecified atom stereocenters. The minimum absolute atomic E-state index is 0.158. The Kier molecular flexibility index (Phi) is 5.28. The van der Waals surface area contributed by atoms with Gasteiger partial charge in [0.2, 0.25) is 5.91 Å². The van der Waals surface area contributed by atoms with E-state index in [2.05, 4.69) is 47.3 Å². The van der Waals surface area contributed by atoms with Crippen molar-refractivity contribution in [3.05, 3.63) is 37.1 Å². The van der Waals surface area contributed by atoms with Gasteiger partial charge in [0, 0.05) is 16.0 Å². The van der Waals surface area contributed by atoms with Crippen LogP contribution in [0, 0.1) is 6.92 Å². The maximum Gasteiger partial charge on any atom is 0.362 e. The molecule has 0 saturated carbocycles. The number of hydrogen-bond acceptors (Lipinski definition) is 4. The lowest BCUT2D eigenvalue weighted by atomic mass is 10.2. The number of halogens is 2. The normalized spacial score (nSPS) is 10.7. The summed E-state index contributed by atoms with van der Waals surface area (Å²) in [4.78, 5) is 26.8. The first kappa shape index (κ1) is 16.3. The van der Waals surface area contributed by atoms with Crippen molar-refractivity contribution in [3.63, 3.8) is 0 Å². The molecule has 9 heteroatoms. The van der Waals surface area contributed by atoms with E-state index in [0.29, 0.717) is 10.8 Å². The molecular weight excluding hydrogens is 424 g/mol. The zero-order valence-electron chi connectivity index (χ0n) is 11.2. The van der Waals surface area contributed by atoms with E-state index in [1.54, 1.807) is 7.05 Å². The van der Waals surface area contributed by atoms with Crippen LogP contribution in [0.25, 0.3) is 0 Å². The number of amides is 1. The first-order valence-electron chi connectivity index (χ1n) is 5.88. The molecule has 1 aromatic heterocycles. The number of carbonyl (C=O) groups excluding carboxylic acids is 1. The Bertz CT molecular complexity index is 718. The molecule has 0 fully saturated rings. The fourth-order valence-electron chi connectivity index (χ4n) is 1.63. The van der Waals surface area contributed by atoms with Crippen LogP contribution in [-0.4, -0.2) is 26.4 Å². The van der Waals surface area contributed by atoms with Crippen molar-refractivity contribution in [1.29, 1.82) is 0 Å². The summed E-state index contributed by atoms with van der Waals surface area (Å²) in [7, 11) is 1.67. The largest absolute Gasteiger partial charge is 0.362 e. The first-order chi connectivity index (χ1) is 9.86. The number of benzene rings is 1. The number of nitrogens with zero attached hydrogens (tertiary/aromatic N) is 2. The molecule has 2 aromatic rings. The zero-order valence-corrected chi connectivity index (χ0v) is 15.2. The van der Waals surface area contributed by atoms with Crippen LogP contribution in [0.15, 0.2) is 31.0 Å². The van der Waals surface area contributed by atoms with Gasteiger partial charge in [0.05, 0.1) is 11.4 Å². The standard InChI is InChI=1S/C12H12Br2N4O2S/c1-6-3-7(13)10(8(14)4-6)15-9(19)5-21-12-16-11(20)17-18(12)2/h3-4H,5H2,1-2H3,(H,15,19)(H,17,20). The quantitative estimate of drug-likeness (QED) is 0.723. The minimum atomic E-state index is -0.426. The van der Waals surface area contributed by atoms with E-state index in [9.17, 15) is 9.59 Å². The highest BCUT2D eigenvalue weighted by atomic mass is 79.9. The smallest absolute Gasteiger partial charge is 0.323 e. The van der Waals surface area contributed by atoms with Crippen LogP contribution >= 0.6 is 43.6 Å². The molecule has 1 heterocycles. The minimum Gasteiger partial charge on any atom is -0.323 e. The molecule has 112 valence electrons. The Balaban J connectivity index is 2.02. The number of anilines is 1. The van der Waals surface area contributed by atoms with Crippen LogP contribution < -0.4 is 11.0 Å². The third kappa shape index (κ3) is 4.21. The molecule has 21 heavy (non-hydrogen) atoms. The summed E-state index contributed by atoms with van der Waals surface area (Å²) in [5, 5.41) is 5.78. The monoisotopic (exact) mass is 434 g/mol. The lowest BCUT2D eigenvalue weighted by Crippen LogP contribution is -2.15. The molecule has 0 atom stereocenters. The Morgan fingerprint density at radius 2 is 2.05 bits per heavy atom. The first-order valence-corrected chi connectivity index (χ1v) is 8.45. The van der Waals surface area contributed by atoms with E-state index < -0.39 is 5.69 Å². The van der Waals surface area contributed by atoms with Gasteiger partial charge in [0.25, 0.3) is 0 Å². The number of nitrogens with one attached hydrogen (secondary N) is 2. The SMILES string of the molecule is Cc1cc(Br)c(NC(=O)CSc2nc(=O)[nH]n2C)c(Br)c1. The van der Waals surface area contributed by atoms with Crippen molar-refractivity contribution in [3.8, 4) is 0 Å². The summed E-state index contributed by atoms with van der Waals surface area (Å²) in [6.07, 6.45) is 0. The molecule has 0 bridgehead atoms. The molecule has 0 aliphatic carbocycles. The van der Waals surface area contributed by atoms with Gasteiger partial charge in [0.1, 0.15) is 0 Å². The van der Waals surface area contributed by atoms with Gasteiger partial charge in [-0.1, -0.05) is 11.8 Å².